The summed E-state index contributed by atoms with van der Waals surface area (Å²) in [6.45, 7) is 16.6. The maximum atomic E-state index is 12.9. The Kier molecular flexibility index (Phi) is 14.7. The number of hydrogen-bond donors (Lipinski definition) is 2. The lowest BCUT2D eigenvalue weighted by molar-refractivity contribution is 0.150. The van der Waals surface area contributed by atoms with Crippen LogP contribution in [0.15, 0.2) is 194 Å². The molecule has 74 heavy (non-hydrogen) atoms. The molecular weight excluding hydrogens is 933 g/mol. The summed E-state index contributed by atoms with van der Waals surface area (Å²) in [6, 6.07) is 57.4. The SMILES string of the molecule is CC(C)(c1ccc(O)cc1)c1ccc(OC(=O)Oc2ccc(C(C)(C)c3ccc(OC(=O)Oc4ccc(C(C)(C)c5ccc(OC(=O)Oc6ccc(C(C)(C)c7ccc(O)cc7)cc6)cc5)cc4)cc3)cc2)cc1. The van der Waals surface area contributed by atoms with E-state index >= 15 is 0 Å². The lowest BCUT2D eigenvalue weighted by Crippen LogP contribution is -2.20. The minimum Gasteiger partial charge on any atom is -0.508 e. The van der Waals surface area contributed by atoms with E-state index in [1.807, 2.05) is 97.1 Å². The smallest absolute Gasteiger partial charge is 0.508 e. The van der Waals surface area contributed by atoms with Gasteiger partial charge in [-0.15, -0.1) is 0 Å². The maximum absolute atomic E-state index is 12.9. The van der Waals surface area contributed by atoms with Gasteiger partial charge in [0.15, 0.2) is 0 Å². The number of rotatable bonds is 14. The van der Waals surface area contributed by atoms with E-state index in [1.54, 1.807) is 97.1 Å². The van der Waals surface area contributed by atoms with Crippen LogP contribution in [0.25, 0.3) is 0 Å². The van der Waals surface area contributed by atoms with Crippen LogP contribution >= 0.6 is 0 Å². The molecule has 2 N–H and O–H groups in total. The van der Waals surface area contributed by atoms with Gasteiger partial charge < -0.3 is 38.6 Å². The van der Waals surface area contributed by atoms with Crippen LogP contribution in [0.2, 0.25) is 0 Å². The molecule has 8 aromatic rings. The van der Waals surface area contributed by atoms with E-state index in [1.165, 1.54) is 0 Å². The minimum absolute atomic E-state index is 0.208. The fourth-order valence-electron chi connectivity index (χ4n) is 8.70. The molecule has 0 aliphatic heterocycles. The van der Waals surface area contributed by atoms with Crippen molar-refractivity contribution in [1.82, 2.24) is 0 Å². The Balaban J connectivity index is 0.789. The molecule has 8 aromatic carbocycles. The molecule has 376 valence electrons. The van der Waals surface area contributed by atoms with Crippen molar-refractivity contribution < 1.29 is 53.0 Å². The Bertz CT molecular complexity index is 2990. The van der Waals surface area contributed by atoms with Crippen LogP contribution in [0.4, 0.5) is 14.4 Å². The second kappa shape index (κ2) is 21.1. The molecule has 0 atom stereocenters. The first-order chi connectivity index (χ1) is 35.2. The quantitative estimate of drug-likeness (QED) is 0.0792. The molecule has 0 unspecified atom stereocenters. The number of aromatic hydroxyl groups is 2. The summed E-state index contributed by atoms with van der Waals surface area (Å²) >= 11 is 0. The fraction of sp³-hybridized carbons (Fsp3) is 0.190. The standard InChI is InChI=1S/C63H58O11/c1-60(2,41-9-25-49(64)26-10-41)43-13-29-51(30-14-43)69-57(66)71-53-33-17-45(18-34-53)62(5,6)47-21-37-55(38-22-47)73-59(68)74-56-39-23-48(24-40-56)63(7,8)46-19-35-54(36-20-46)72-58(67)70-52-31-15-44(16-32-52)61(3,4)42-11-27-50(65)28-12-42/h9-40,64-65H,1-8H3. The molecule has 0 amide bonds. The summed E-state index contributed by atoms with van der Waals surface area (Å²) < 4.78 is 32.9. The van der Waals surface area contributed by atoms with Crippen LogP contribution in [0.1, 0.15) is 99.9 Å². The monoisotopic (exact) mass is 990 g/mol. The summed E-state index contributed by atoms with van der Waals surface area (Å²) in [5.74, 6) is 2.38. The van der Waals surface area contributed by atoms with E-state index in [0.717, 1.165) is 44.5 Å². The van der Waals surface area contributed by atoms with E-state index in [-0.39, 0.29) is 22.3 Å². The van der Waals surface area contributed by atoms with Crippen molar-refractivity contribution in [3.05, 3.63) is 239 Å². The van der Waals surface area contributed by atoms with Gasteiger partial charge in [0.2, 0.25) is 0 Å². The van der Waals surface area contributed by atoms with Gasteiger partial charge in [-0.3, -0.25) is 0 Å². The van der Waals surface area contributed by atoms with E-state index in [4.69, 9.17) is 28.4 Å². The Hall–Kier alpha value is -8.83. The van der Waals surface area contributed by atoms with Crippen molar-refractivity contribution in [2.24, 2.45) is 0 Å². The minimum atomic E-state index is -0.884. The van der Waals surface area contributed by atoms with Gasteiger partial charge in [0, 0.05) is 21.7 Å². The van der Waals surface area contributed by atoms with Gasteiger partial charge in [-0.2, -0.15) is 0 Å². The Labute approximate surface area is 431 Å². The normalized spacial score (nSPS) is 11.8. The lowest BCUT2D eigenvalue weighted by atomic mass is 9.78. The molecule has 0 saturated carbocycles. The first-order valence-corrected chi connectivity index (χ1v) is 24.1. The van der Waals surface area contributed by atoms with Crippen LogP contribution < -0.4 is 28.4 Å². The van der Waals surface area contributed by atoms with Crippen molar-refractivity contribution in [3.8, 4) is 46.0 Å². The summed E-state index contributed by atoms with van der Waals surface area (Å²) in [4.78, 5) is 38.3. The molecule has 0 spiro atoms. The van der Waals surface area contributed by atoms with Crippen molar-refractivity contribution in [2.45, 2.75) is 77.0 Å². The molecule has 11 nitrogen and oxygen atoms in total. The highest BCUT2D eigenvalue weighted by atomic mass is 16.7. The number of hydrogen-bond acceptors (Lipinski definition) is 11. The van der Waals surface area contributed by atoms with Gasteiger partial charge >= 0.3 is 18.5 Å². The molecule has 11 heteroatoms. The summed E-state index contributed by atoms with van der Waals surface area (Å²) in [6.07, 6.45) is -2.61. The number of phenols is 2. The second-order valence-corrected chi connectivity index (χ2v) is 20.1. The van der Waals surface area contributed by atoms with Gasteiger partial charge in [0.1, 0.15) is 46.0 Å². The van der Waals surface area contributed by atoms with Gasteiger partial charge in [-0.25, -0.2) is 14.4 Å². The maximum Gasteiger partial charge on any atom is 0.519 e. The fourth-order valence-corrected chi connectivity index (χ4v) is 8.70. The Morgan fingerprint density at radius 1 is 0.243 bits per heavy atom. The van der Waals surface area contributed by atoms with Gasteiger partial charge in [0.05, 0.1) is 0 Å². The van der Waals surface area contributed by atoms with Crippen molar-refractivity contribution in [1.29, 1.82) is 0 Å². The largest absolute Gasteiger partial charge is 0.519 e. The second-order valence-electron chi connectivity index (χ2n) is 20.1. The van der Waals surface area contributed by atoms with E-state index in [9.17, 15) is 24.6 Å². The zero-order chi connectivity index (χ0) is 52.8. The van der Waals surface area contributed by atoms with Crippen LogP contribution in [0.5, 0.6) is 46.0 Å². The average Bonchev–Trinajstić information content (AvgIpc) is 3.37. The van der Waals surface area contributed by atoms with Gasteiger partial charge in [-0.05, 0) is 142 Å². The highest BCUT2D eigenvalue weighted by Gasteiger charge is 2.28. The first kappa shape index (κ1) is 51.5. The molecule has 0 aromatic heterocycles. The number of carbonyl (C=O) groups is 3. The zero-order valence-corrected chi connectivity index (χ0v) is 42.5. The van der Waals surface area contributed by atoms with Crippen LogP contribution in [-0.4, -0.2) is 28.7 Å². The van der Waals surface area contributed by atoms with Gasteiger partial charge in [0.25, 0.3) is 0 Å². The van der Waals surface area contributed by atoms with Crippen LogP contribution in [0, 0.1) is 0 Å². The molecule has 0 bridgehead atoms. The molecule has 0 heterocycles. The molecular formula is C63H58O11. The topological polar surface area (TPSA) is 147 Å². The predicted octanol–water partition coefficient (Wildman–Crippen LogP) is 15.1. The zero-order valence-electron chi connectivity index (χ0n) is 42.5. The Morgan fingerprint density at radius 3 is 0.500 bits per heavy atom. The number of carbonyl (C=O) groups excluding carboxylic acids is 3. The first-order valence-electron chi connectivity index (χ1n) is 24.1. The lowest BCUT2D eigenvalue weighted by Gasteiger charge is -2.26. The van der Waals surface area contributed by atoms with Crippen molar-refractivity contribution in [2.75, 3.05) is 0 Å². The highest BCUT2D eigenvalue weighted by Crippen LogP contribution is 2.38. The molecule has 0 aliphatic carbocycles. The van der Waals surface area contributed by atoms with E-state index < -0.39 is 29.3 Å². The van der Waals surface area contributed by atoms with Crippen molar-refractivity contribution in [3.63, 3.8) is 0 Å². The third-order valence-electron chi connectivity index (χ3n) is 13.8. The van der Waals surface area contributed by atoms with Crippen LogP contribution in [-0.2, 0) is 21.7 Å². The molecule has 8 rings (SSSR count). The summed E-state index contributed by atoms with van der Waals surface area (Å²) in [5, 5.41) is 19.4. The molecule has 0 radical (unpaired) electrons. The average molecular weight is 991 g/mol. The predicted molar refractivity (Wildman–Crippen MR) is 283 cm³/mol. The van der Waals surface area contributed by atoms with E-state index in [2.05, 4.69) is 55.4 Å². The number of benzene rings is 8. The van der Waals surface area contributed by atoms with Gasteiger partial charge in [-0.1, -0.05) is 152 Å². The third-order valence-corrected chi connectivity index (χ3v) is 13.8. The van der Waals surface area contributed by atoms with Crippen molar-refractivity contribution >= 4 is 18.5 Å². The van der Waals surface area contributed by atoms with E-state index in [0.29, 0.717) is 34.5 Å². The number of ether oxygens (including phenoxy) is 6. The highest BCUT2D eigenvalue weighted by molar-refractivity contribution is 5.69. The molecule has 0 saturated heterocycles. The third kappa shape index (κ3) is 11.9. The Morgan fingerprint density at radius 2 is 0.365 bits per heavy atom. The number of phenolic OH excluding ortho intramolecular Hbond substituents is 2. The molecule has 0 aliphatic rings. The summed E-state index contributed by atoms with van der Waals surface area (Å²) in [7, 11) is 0. The molecule has 0 fully saturated rings. The van der Waals surface area contributed by atoms with Crippen LogP contribution in [0.3, 0.4) is 0 Å². The summed E-state index contributed by atoms with van der Waals surface area (Å²) in [5.41, 5.74) is 6.32.